The van der Waals surface area contributed by atoms with Crippen LogP contribution in [0.1, 0.15) is 23.5 Å². The summed E-state index contributed by atoms with van der Waals surface area (Å²) in [6.07, 6.45) is 0.745. The maximum absolute atomic E-state index is 10.2. The SMILES string of the molecule is OC(COCc1ccccc1)CN1CCC(c2ccccc2)C1. The summed E-state index contributed by atoms with van der Waals surface area (Å²) in [6.45, 7) is 3.72. The van der Waals surface area contributed by atoms with Crippen molar-refractivity contribution in [2.75, 3.05) is 26.2 Å². The Labute approximate surface area is 138 Å². The van der Waals surface area contributed by atoms with E-state index in [1.807, 2.05) is 30.3 Å². The number of ether oxygens (including phenoxy) is 1. The third-order valence-corrected chi connectivity index (χ3v) is 4.43. The van der Waals surface area contributed by atoms with Gasteiger partial charge in [-0.15, -0.1) is 0 Å². The molecule has 0 aromatic heterocycles. The number of hydrogen-bond donors (Lipinski definition) is 1. The molecular weight excluding hydrogens is 286 g/mol. The van der Waals surface area contributed by atoms with Gasteiger partial charge in [0.25, 0.3) is 0 Å². The average molecular weight is 311 g/mol. The fourth-order valence-electron chi connectivity index (χ4n) is 3.23. The summed E-state index contributed by atoms with van der Waals surface area (Å²) in [5, 5.41) is 10.2. The molecule has 3 heteroatoms. The molecular formula is C20H25NO2. The standard InChI is InChI=1S/C20H25NO2/c22-20(16-23-15-17-7-3-1-4-8-17)14-21-12-11-19(13-21)18-9-5-2-6-10-18/h1-10,19-20,22H,11-16H2. The van der Waals surface area contributed by atoms with E-state index in [4.69, 9.17) is 4.74 Å². The van der Waals surface area contributed by atoms with Crippen LogP contribution < -0.4 is 0 Å². The minimum Gasteiger partial charge on any atom is -0.389 e. The number of likely N-dealkylation sites (tertiary alicyclic amines) is 1. The number of β-amino-alcohol motifs (C(OH)–C–C–N with tert-alkyl or cyclic N) is 1. The first kappa shape index (κ1) is 16.2. The highest BCUT2D eigenvalue weighted by Gasteiger charge is 2.25. The van der Waals surface area contributed by atoms with Gasteiger partial charge in [-0.25, -0.2) is 0 Å². The molecule has 2 aromatic carbocycles. The van der Waals surface area contributed by atoms with E-state index in [9.17, 15) is 5.11 Å². The van der Waals surface area contributed by atoms with E-state index in [1.165, 1.54) is 12.0 Å². The van der Waals surface area contributed by atoms with Gasteiger partial charge in [0.05, 0.1) is 19.3 Å². The van der Waals surface area contributed by atoms with Crippen LogP contribution in [0.25, 0.3) is 0 Å². The van der Waals surface area contributed by atoms with Gasteiger partial charge in [0.2, 0.25) is 0 Å². The number of hydrogen-bond acceptors (Lipinski definition) is 3. The maximum Gasteiger partial charge on any atom is 0.0900 e. The predicted octanol–water partition coefficient (Wildman–Crippen LogP) is 3.05. The molecule has 0 spiro atoms. The molecule has 0 aliphatic carbocycles. The van der Waals surface area contributed by atoms with Crippen molar-refractivity contribution in [3.05, 3.63) is 71.8 Å². The average Bonchev–Trinajstić information content (AvgIpc) is 3.05. The van der Waals surface area contributed by atoms with E-state index in [0.717, 1.165) is 18.7 Å². The summed E-state index contributed by atoms with van der Waals surface area (Å²) in [6, 6.07) is 20.7. The molecule has 3 nitrogen and oxygen atoms in total. The quantitative estimate of drug-likeness (QED) is 0.853. The monoisotopic (exact) mass is 311 g/mol. The molecule has 0 saturated carbocycles. The van der Waals surface area contributed by atoms with Gasteiger partial charge >= 0.3 is 0 Å². The van der Waals surface area contributed by atoms with E-state index in [1.54, 1.807) is 0 Å². The highest BCUT2D eigenvalue weighted by atomic mass is 16.5. The highest BCUT2D eigenvalue weighted by Crippen LogP contribution is 2.26. The van der Waals surface area contributed by atoms with Crippen LogP contribution in [0, 0.1) is 0 Å². The predicted molar refractivity (Wildman–Crippen MR) is 92.3 cm³/mol. The molecule has 1 aliphatic heterocycles. The maximum atomic E-state index is 10.2. The molecule has 1 N–H and O–H groups in total. The van der Waals surface area contributed by atoms with E-state index < -0.39 is 6.10 Å². The van der Waals surface area contributed by atoms with Crippen LogP contribution in [0.4, 0.5) is 0 Å². The normalized spacial score (nSPS) is 19.8. The molecule has 2 unspecified atom stereocenters. The summed E-state index contributed by atoms with van der Waals surface area (Å²) in [4.78, 5) is 2.34. The zero-order valence-corrected chi connectivity index (χ0v) is 13.5. The van der Waals surface area contributed by atoms with Gasteiger partial charge in [-0.3, -0.25) is 0 Å². The fraction of sp³-hybridized carbons (Fsp3) is 0.400. The molecule has 1 aliphatic rings. The second-order valence-electron chi connectivity index (χ2n) is 6.31. The molecule has 1 fully saturated rings. The number of aliphatic hydroxyl groups is 1. The lowest BCUT2D eigenvalue weighted by molar-refractivity contribution is 0.0132. The van der Waals surface area contributed by atoms with Gasteiger partial charge in [-0.1, -0.05) is 60.7 Å². The summed E-state index contributed by atoms with van der Waals surface area (Å²) in [5.74, 6) is 0.591. The van der Waals surface area contributed by atoms with E-state index in [2.05, 4.69) is 35.2 Å². The molecule has 0 bridgehead atoms. The largest absolute Gasteiger partial charge is 0.389 e. The van der Waals surface area contributed by atoms with Gasteiger partial charge < -0.3 is 14.7 Å². The Bertz CT molecular complexity index is 573. The zero-order valence-electron chi connectivity index (χ0n) is 13.5. The summed E-state index contributed by atoms with van der Waals surface area (Å²) in [7, 11) is 0. The van der Waals surface area contributed by atoms with Crippen LogP contribution in [-0.2, 0) is 11.3 Å². The van der Waals surface area contributed by atoms with E-state index in [0.29, 0.717) is 25.7 Å². The first-order valence-corrected chi connectivity index (χ1v) is 8.38. The van der Waals surface area contributed by atoms with Crippen molar-refractivity contribution in [1.29, 1.82) is 0 Å². The van der Waals surface area contributed by atoms with Crippen LogP contribution in [0.3, 0.4) is 0 Å². The van der Waals surface area contributed by atoms with Gasteiger partial charge in [-0.05, 0) is 30.0 Å². The van der Waals surface area contributed by atoms with Crippen LogP contribution in [0.5, 0.6) is 0 Å². The first-order chi connectivity index (χ1) is 11.3. The topological polar surface area (TPSA) is 32.7 Å². The van der Waals surface area contributed by atoms with Crippen molar-refractivity contribution in [3.63, 3.8) is 0 Å². The first-order valence-electron chi connectivity index (χ1n) is 8.38. The smallest absolute Gasteiger partial charge is 0.0900 e. The molecule has 1 saturated heterocycles. The summed E-state index contributed by atoms with van der Waals surface area (Å²) >= 11 is 0. The number of nitrogens with zero attached hydrogens (tertiary/aromatic N) is 1. The molecule has 2 atom stereocenters. The Morgan fingerprint density at radius 3 is 2.48 bits per heavy atom. The molecule has 1 heterocycles. The lowest BCUT2D eigenvalue weighted by Crippen LogP contribution is -2.33. The third kappa shape index (κ3) is 4.90. The zero-order chi connectivity index (χ0) is 15.9. The number of aliphatic hydroxyl groups excluding tert-OH is 1. The number of rotatable bonds is 7. The molecule has 0 amide bonds. The van der Waals surface area contributed by atoms with Crippen LogP contribution >= 0.6 is 0 Å². The fourth-order valence-corrected chi connectivity index (χ4v) is 3.23. The van der Waals surface area contributed by atoms with Crippen molar-refractivity contribution in [3.8, 4) is 0 Å². The minimum atomic E-state index is -0.423. The number of benzene rings is 2. The lowest BCUT2D eigenvalue weighted by Gasteiger charge is -2.20. The Hall–Kier alpha value is -1.68. The summed E-state index contributed by atoms with van der Waals surface area (Å²) in [5.41, 5.74) is 2.55. The van der Waals surface area contributed by atoms with Crippen molar-refractivity contribution in [1.82, 2.24) is 4.90 Å². The van der Waals surface area contributed by atoms with E-state index >= 15 is 0 Å². The second-order valence-corrected chi connectivity index (χ2v) is 6.31. The lowest BCUT2D eigenvalue weighted by atomic mass is 9.99. The van der Waals surface area contributed by atoms with Crippen LogP contribution in [-0.4, -0.2) is 42.4 Å². The van der Waals surface area contributed by atoms with Gasteiger partial charge in [0.1, 0.15) is 0 Å². The molecule has 23 heavy (non-hydrogen) atoms. The minimum absolute atomic E-state index is 0.390. The Morgan fingerprint density at radius 1 is 1.04 bits per heavy atom. The Morgan fingerprint density at radius 2 is 1.74 bits per heavy atom. The molecule has 0 radical (unpaired) electrons. The molecule has 122 valence electrons. The van der Waals surface area contributed by atoms with Gasteiger partial charge in [-0.2, -0.15) is 0 Å². The second kappa shape index (κ2) is 8.25. The van der Waals surface area contributed by atoms with Gasteiger partial charge in [0.15, 0.2) is 0 Å². The van der Waals surface area contributed by atoms with Crippen LogP contribution in [0.15, 0.2) is 60.7 Å². The third-order valence-electron chi connectivity index (χ3n) is 4.43. The van der Waals surface area contributed by atoms with Crippen molar-refractivity contribution < 1.29 is 9.84 Å². The van der Waals surface area contributed by atoms with Crippen LogP contribution in [0.2, 0.25) is 0 Å². The summed E-state index contributed by atoms with van der Waals surface area (Å²) < 4.78 is 5.63. The molecule has 3 rings (SSSR count). The van der Waals surface area contributed by atoms with Crippen molar-refractivity contribution in [2.45, 2.75) is 25.0 Å². The van der Waals surface area contributed by atoms with E-state index in [-0.39, 0.29) is 0 Å². The van der Waals surface area contributed by atoms with Crippen molar-refractivity contribution >= 4 is 0 Å². The Kier molecular flexibility index (Phi) is 5.81. The van der Waals surface area contributed by atoms with Gasteiger partial charge in [0, 0.05) is 13.1 Å². The highest BCUT2D eigenvalue weighted by molar-refractivity contribution is 5.21. The Balaban J connectivity index is 1.38. The molecule has 2 aromatic rings. The van der Waals surface area contributed by atoms with Crippen molar-refractivity contribution in [2.24, 2.45) is 0 Å².